The molecule has 5 heteroatoms. The fourth-order valence-corrected chi connectivity index (χ4v) is 10.2. The van der Waals surface area contributed by atoms with E-state index in [1.165, 1.54) is 56.9 Å². The van der Waals surface area contributed by atoms with Crippen LogP contribution in [0.2, 0.25) is 0 Å². The molecule has 41 heavy (non-hydrogen) atoms. The summed E-state index contributed by atoms with van der Waals surface area (Å²) in [7, 11) is 3.26. The molecule has 5 fully saturated rings. The van der Waals surface area contributed by atoms with Crippen LogP contribution in [0.15, 0.2) is 42.5 Å². The molecule has 2 aromatic carbocycles. The number of hydrogen-bond donors (Lipinski definition) is 1. The van der Waals surface area contributed by atoms with E-state index in [1.807, 2.05) is 12.1 Å². The zero-order valence-corrected chi connectivity index (χ0v) is 25.7. The Morgan fingerprint density at radius 3 is 2.12 bits per heavy atom. The Bertz CT molecular complexity index is 1200. The molecule has 4 bridgehead atoms. The minimum Gasteiger partial charge on any atom is -0.493 e. The van der Waals surface area contributed by atoms with E-state index in [1.54, 1.807) is 14.2 Å². The van der Waals surface area contributed by atoms with Gasteiger partial charge in [-0.05, 0) is 123 Å². The maximum Gasteiger partial charge on any atom is 0.166 e. The summed E-state index contributed by atoms with van der Waals surface area (Å²) < 4.78 is 10.8. The minimum absolute atomic E-state index is 0.109. The summed E-state index contributed by atoms with van der Waals surface area (Å²) >= 11 is 0. The predicted molar refractivity (Wildman–Crippen MR) is 164 cm³/mol. The van der Waals surface area contributed by atoms with Crippen molar-refractivity contribution in [3.05, 3.63) is 59.2 Å². The highest BCUT2D eigenvalue weighted by molar-refractivity contribution is 6.02. The summed E-state index contributed by atoms with van der Waals surface area (Å²) in [6, 6.07) is 14.5. The van der Waals surface area contributed by atoms with E-state index < -0.39 is 0 Å². The molecule has 0 amide bonds. The number of Topliss-reactive ketones (excluding diaryl/α,β-unsaturated/α-hetero) is 1. The lowest BCUT2D eigenvalue weighted by Gasteiger charge is -2.64. The molecule has 3 unspecified atom stereocenters. The predicted octanol–water partition coefficient (Wildman–Crippen LogP) is 7.06. The summed E-state index contributed by atoms with van der Waals surface area (Å²) in [4.78, 5) is 15.5. The average molecular weight is 559 g/mol. The number of ketones is 1. The van der Waals surface area contributed by atoms with Crippen LogP contribution in [0.5, 0.6) is 11.5 Å². The number of piperidine rings is 1. The van der Waals surface area contributed by atoms with E-state index in [9.17, 15) is 4.79 Å². The number of nitrogens with two attached hydrogens (primary N) is 1. The molecule has 5 aliphatic carbocycles. The van der Waals surface area contributed by atoms with E-state index in [2.05, 4.69) is 49.1 Å². The molecule has 1 saturated heterocycles. The number of rotatable bonds is 6. The zero-order chi connectivity index (χ0) is 28.8. The molecule has 3 atom stereocenters. The molecule has 2 N–H and O–H groups in total. The van der Waals surface area contributed by atoms with Gasteiger partial charge in [-0.3, -0.25) is 9.69 Å². The van der Waals surface area contributed by atoms with Gasteiger partial charge in [0.25, 0.3) is 0 Å². The van der Waals surface area contributed by atoms with Gasteiger partial charge in [0.05, 0.1) is 14.2 Å². The number of ether oxygens (including phenoxy) is 2. The lowest BCUT2D eigenvalue weighted by molar-refractivity contribution is -0.104. The van der Waals surface area contributed by atoms with Crippen molar-refractivity contribution < 1.29 is 14.3 Å². The van der Waals surface area contributed by atoms with Gasteiger partial charge < -0.3 is 15.2 Å². The van der Waals surface area contributed by atoms with Gasteiger partial charge in [0.1, 0.15) is 0 Å². The number of carbonyl (C=O) groups excluding carboxylic acids is 1. The first-order valence-electron chi connectivity index (χ1n) is 15.9. The van der Waals surface area contributed by atoms with Crippen LogP contribution in [0.4, 0.5) is 0 Å². The summed E-state index contributed by atoms with van der Waals surface area (Å²) in [5.74, 6) is 3.34. The smallest absolute Gasteiger partial charge is 0.166 e. The monoisotopic (exact) mass is 558 g/mol. The number of nitrogens with zero attached hydrogens (tertiary/aromatic N) is 1. The Morgan fingerprint density at radius 1 is 0.902 bits per heavy atom. The highest BCUT2D eigenvalue weighted by Gasteiger charge is 2.58. The molecule has 1 aliphatic heterocycles. The lowest BCUT2D eigenvalue weighted by Crippen LogP contribution is -2.62. The van der Waals surface area contributed by atoms with Gasteiger partial charge in [0.15, 0.2) is 17.3 Å². The third kappa shape index (κ3) is 6.08. The van der Waals surface area contributed by atoms with Crippen LogP contribution in [-0.2, 0) is 13.0 Å². The van der Waals surface area contributed by atoms with Crippen molar-refractivity contribution in [2.75, 3.05) is 27.3 Å². The Hall–Kier alpha value is -2.37. The van der Waals surface area contributed by atoms with Crippen LogP contribution < -0.4 is 15.2 Å². The molecule has 4 saturated carbocycles. The molecule has 0 radical (unpaired) electrons. The van der Waals surface area contributed by atoms with E-state index in [0.29, 0.717) is 28.2 Å². The molecular weight excluding hydrogens is 508 g/mol. The van der Waals surface area contributed by atoms with Gasteiger partial charge >= 0.3 is 0 Å². The van der Waals surface area contributed by atoms with Crippen molar-refractivity contribution in [2.45, 2.75) is 90.1 Å². The lowest BCUT2D eigenvalue weighted by atomic mass is 9.43. The molecule has 5 nitrogen and oxygen atoms in total. The van der Waals surface area contributed by atoms with Gasteiger partial charge in [-0.1, -0.05) is 44.2 Å². The average Bonchev–Trinajstić information content (AvgIpc) is 3.21. The van der Waals surface area contributed by atoms with E-state index in [-0.39, 0.29) is 17.2 Å². The first kappa shape index (κ1) is 28.7. The second-order valence-corrected chi connectivity index (χ2v) is 15.1. The number of fused-ring (bicyclic) bond motifs is 1. The van der Waals surface area contributed by atoms with Gasteiger partial charge in [0, 0.05) is 23.6 Å². The molecule has 6 aliphatic rings. The van der Waals surface area contributed by atoms with Crippen LogP contribution in [0.1, 0.15) is 93.1 Å². The van der Waals surface area contributed by atoms with Crippen molar-refractivity contribution >= 4 is 5.78 Å². The number of methoxy groups -OCH3 is 2. The van der Waals surface area contributed by atoms with Gasteiger partial charge in [-0.15, -0.1) is 0 Å². The Balaban J connectivity index is 0.000000192. The summed E-state index contributed by atoms with van der Waals surface area (Å²) in [6.45, 7) is 8.21. The summed E-state index contributed by atoms with van der Waals surface area (Å²) in [5.41, 5.74) is 11.2. The van der Waals surface area contributed by atoms with Gasteiger partial charge in [-0.25, -0.2) is 0 Å². The van der Waals surface area contributed by atoms with E-state index >= 15 is 0 Å². The van der Waals surface area contributed by atoms with Crippen LogP contribution >= 0.6 is 0 Å². The summed E-state index contributed by atoms with van der Waals surface area (Å²) in [5, 5.41) is 0. The molecule has 8 rings (SSSR count). The van der Waals surface area contributed by atoms with Crippen molar-refractivity contribution in [1.82, 2.24) is 4.90 Å². The van der Waals surface area contributed by atoms with Crippen LogP contribution in [0.25, 0.3) is 0 Å². The number of carbonyl (C=O) groups is 1. The summed E-state index contributed by atoms with van der Waals surface area (Å²) in [6.07, 6.45) is 12.5. The number of hydrogen-bond acceptors (Lipinski definition) is 5. The van der Waals surface area contributed by atoms with Crippen molar-refractivity contribution in [3.63, 3.8) is 0 Å². The van der Waals surface area contributed by atoms with Crippen molar-refractivity contribution in [3.8, 4) is 11.5 Å². The van der Waals surface area contributed by atoms with Crippen LogP contribution in [0.3, 0.4) is 0 Å². The first-order valence-corrected chi connectivity index (χ1v) is 15.9. The van der Waals surface area contributed by atoms with Gasteiger partial charge in [0.2, 0.25) is 0 Å². The van der Waals surface area contributed by atoms with Crippen molar-refractivity contribution in [2.24, 2.45) is 34.3 Å². The maximum absolute atomic E-state index is 12.9. The third-order valence-electron chi connectivity index (χ3n) is 11.0. The fraction of sp³-hybridized carbons (Fsp3) is 0.639. The molecule has 1 heterocycles. The molecule has 2 aromatic rings. The molecule has 0 aromatic heterocycles. The number of benzene rings is 2. The molecule has 222 valence electrons. The number of likely N-dealkylation sites (tertiary alicyclic amines) is 1. The largest absolute Gasteiger partial charge is 0.493 e. The normalized spacial score (nSPS) is 34.2. The standard InChI is InChI=1S/C24H29NO3.C12H21N/c1-27-22-14-19-13-20(24(26)21(19)15-23(22)28-2)12-17-8-10-25(11-9-17)16-18-6-4-3-5-7-18;1-10-3-9-4-11(2,6-10)8-12(13,5-9)7-10/h3-7,14-15,17,20H,8-13,16H2,1-2H3;9H,3-8,13H2,1-2H3. The third-order valence-corrected chi connectivity index (χ3v) is 11.0. The topological polar surface area (TPSA) is 64.8 Å². The van der Waals surface area contributed by atoms with E-state index in [0.717, 1.165) is 49.5 Å². The van der Waals surface area contributed by atoms with Crippen LogP contribution in [0, 0.1) is 28.6 Å². The van der Waals surface area contributed by atoms with Gasteiger partial charge in [-0.2, -0.15) is 0 Å². The Kier molecular flexibility index (Phi) is 7.74. The second-order valence-electron chi connectivity index (χ2n) is 15.1. The fourth-order valence-electron chi connectivity index (χ4n) is 10.2. The van der Waals surface area contributed by atoms with Crippen LogP contribution in [-0.4, -0.2) is 43.5 Å². The quantitative estimate of drug-likeness (QED) is 0.411. The SMILES string of the molecule is CC12CC3CC(C)(C1)CC(N)(C3)C2.COc1cc2c(cc1OC)C(=O)C(CC1CCN(Cc3ccccc3)CC1)C2. The second kappa shape index (κ2) is 11.0. The minimum atomic E-state index is 0.109. The highest BCUT2D eigenvalue weighted by atomic mass is 16.5. The van der Waals surface area contributed by atoms with Crippen molar-refractivity contribution in [1.29, 1.82) is 0 Å². The zero-order valence-electron chi connectivity index (χ0n) is 25.7. The first-order chi connectivity index (χ1) is 19.6. The highest BCUT2D eigenvalue weighted by Crippen LogP contribution is 2.65. The molecular formula is C36H50N2O3. The Labute approximate surface area is 247 Å². The Morgan fingerprint density at radius 2 is 1.54 bits per heavy atom. The van der Waals surface area contributed by atoms with E-state index in [4.69, 9.17) is 15.2 Å². The molecule has 0 spiro atoms. The maximum atomic E-state index is 12.9.